The average molecular weight is 350 g/mol. The number of oxazole rings is 1. The van der Waals surface area contributed by atoms with E-state index in [-0.39, 0.29) is 5.76 Å². The second-order valence-corrected chi connectivity index (χ2v) is 6.47. The molecule has 0 N–H and O–H groups in total. The van der Waals surface area contributed by atoms with E-state index >= 15 is 0 Å². The molecule has 0 amide bonds. The molecule has 0 bridgehead atoms. The molecule has 0 unspecified atom stereocenters. The third kappa shape index (κ3) is 2.94. The van der Waals surface area contributed by atoms with Crippen molar-refractivity contribution in [2.45, 2.75) is 32.6 Å². The largest absolute Gasteiger partial charge is 0.460 e. The van der Waals surface area contributed by atoms with Gasteiger partial charge in [-0.3, -0.25) is 4.90 Å². The second-order valence-electron chi connectivity index (χ2n) is 6.47. The van der Waals surface area contributed by atoms with Gasteiger partial charge in [0.15, 0.2) is 0 Å². The van der Waals surface area contributed by atoms with Gasteiger partial charge in [-0.2, -0.15) is 0 Å². The van der Waals surface area contributed by atoms with Crippen LogP contribution in [0.4, 0.5) is 11.7 Å². The van der Waals surface area contributed by atoms with Gasteiger partial charge in [0.05, 0.1) is 18.5 Å². The molecule has 4 rings (SSSR count). The van der Waals surface area contributed by atoms with Gasteiger partial charge in [0, 0.05) is 11.9 Å². The number of benzene rings is 2. The average Bonchev–Trinajstić information content (AvgIpc) is 3.39. The topological polar surface area (TPSA) is 55.6 Å². The minimum absolute atomic E-state index is 0.124. The Labute approximate surface area is 152 Å². The number of anilines is 2. The zero-order chi connectivity index (χ0) is 18.1. The van der Waals surface area contributed by atoms with Gasteiger partial charge in [-0.05, 0) is 49.6 Å². The molecule has 0 radical (unpaired) electrons. The van der Waals surface area contributed by atoms with Crippen LogP contribution in [0.2, 0.25) is 0 Å². The Bertz CT molecular complexity index is 943. The number of carbonyl (C=O) groups is 1. The summed E-state index contributed by atoms with van der Waals surface area (Å²) in [6, 6.07) is 13.2. The second kappa shape index (κ2) is 6.83. The summed E-state index contributed by atoms with van der Waals surface area (Å²) in [7, 11) is 0. The van der Waals surface area contributed by atoms with Crippen LogP contribution in [0.15, 0.2) is 47.0 Å². The zero-order valence-corrected chi connectivity index (χ0v) is 15.1. The van der Waals surface area contributed by atoms with Gasteiger partial charge in [-0.25, -0.2) is 9.78 Å². The quantitative estimate of drug-likeness (QED) is 0.583. The number of esters is 1. The van der Waals surface area contributed by atoms with E-state index in [9.17, 15) is 4.79 Å². The molecule has 1 saturated carbocycles. The molecule has 0 atom stereocenters. The van der Waals surface area contributed by atoms with Gasteiger partial charge in [-0.1, -0.05) is 30.3 Å². The molecule has 1 aliphatic rings. The number of ether oxygens (including phenoxy) is 1. The Morgan fingerprint density at radius 3 is 2.65 bits per heavy atom. The molecule has 1 aliphatic carbocycles. The SMILES string of the molecule is CCOC(=O)c1cnc(N(CC)c2ccc(C3CC3)c3ccccc23)o1. The van der Waals surface area contributed by atoms with Gasteiger partial charge in [0.2, 0.25) is 5.76 Å². The number of carbonyl (C=O) groups excluding carboxylic acids is 1. The van der Waals surface area contributed by atoms with Crippen LogP contribution in [0, 0.1) is 0 Å². The van der Waals surface area contributed by atoms with Crippen LogP contribution in [0.25, 0.3) is 10.8 Å². The lowest BCUT2D eigenvalue weighted by Crippen LogP contribution is -2.17. The Hall–Kier alpha value is -2.82. The van der Waals surface area contributed by atoms with Crippen molar-refractivity contribution in [2.24, 2.45) is 0 Å². The predicted molar refractivity (Wildman–Crippen MR) is 101 cm³/mol. The molecule has 134 valence electrons. The van der Waals surface area contributed by atoms with Gasteiger partial charge in [0.25, 0.3) is 0 Å². The third-order valence-corrected chi connectivity index (χ3v) is 4.76. The fraction of sp³-hybridized carbons (Fsp3) is 0.333. The number of nitrogens with zero attached hydrogens (tertiary/aromatic N) is 2. The minimum Gasteiger partial charge on any atom is -0.460 e. The normalized spacial score (nSPS) is 13.8. The highest BCUT2D eigenvalue weighted by Gasteiger charge is 2.27. The Morgan fingerprint density at radius 1 is 1.19 bits per heavy atom. The number of hydrogen-bond acceptors (Lipinski definition) is 5. The molecular weight excluding hydrogens is 328 g/mol. The van der Waals surface area contributed by atoms with Crippen LogP contribution in [-0.2, 0) is 4.74 Å². The monoisotopic (exact) mass is 350 g/mol. The van der Waals surface area contributed by atoms with Crippen molar-refractivity contribution in [1.82, 2.24) is 4.98 Å². The minimum atomic E-state index is -0.490. The molecule has 3 aromatic rings. The van der Waals surface area contributed by atoms with E-state index in [1.54, 1.807) is 6.92 Å². The van der Waals surface area contributed by atoms with Crippen molar-refractivity contribution in [3.05, 3.63) is 53.9 Å². The molecule has 2 aromatic carbocycles. The van der Waals surface area contributed by atoms with Crippen molar-refractivity contribution in [3.8, 4) is 0 Å². The first-order valence-electron chi connectivity index (χ1n) is 9.15. The summed E-state index contributed by atoms with van der Waals surface area (Å²) in [5.41, 5.74) is 2.45. The standard InChI is InChI=1S/C21H22N2O3/c1-3-23(21-22-13-19(26-21)20(24)25-4-2)18-12-11-15(14-9-10-14)16-7-5-6-8-17(16)18/h5-8,11-14H,3-4,9-10H2,1-2H3. The smallest absolute Gasteiger partial charge is 0.376 e. The highest BCUT2D eigenvalue weighted by Crippen LogP contribution is 2.45. The van der Waals surface area contributed by atoms with Gasteiger partial charge < -0.3 is 9.15 Å². The molecule has 5 nitrogen and oxygen atoms in total. The van der Waals surface area contributed by atoms with Crippen molar-refractivity contribution >= 4 is 28.4 Å². The lowest BCUT2D eigenvalue weighted by atomic mass is 9.99. The maximum absolute atomic E-state index is 11.9. The van der Waals surface area contributed by atoms with Crippen LogP contribution in [0.1, 0.15) is 48.7 Å². The van der Waals surface area contributed by atoms with Crippen LogP contribution in [-0.4, -0.2) is 24.1 Å². The lowest BCUT2D eigenvalue weighted by molar-refractivity contribution is 0.0491. The summed E-state index contributed by atoms with van der Waals surface area (Å²) < 4.78 is 10.7. The third-order valence-electron chi connectivity index (χ3n) is 4.76. The van der Waals surface area contributed by atoms with E-state index in [0.29, 0.717) is 25.1 Å². The van der Waals surface area contributed by atoms with E-state index in [4.69, 9.17) is 9.15 Å². The lowest BCUT2D eigenvalue weighted by Gasteiger charge is -2.21. The van der Waals surface area contributed by atoms with Crippen molar-refractivity contribution < 1.29 is 13.9 Å². The van der Waals surface area contributed by atoms with Crippen LogP contribution < -0.4 is 4.90 Å². The summed E-state index contributed by atoms with van der Waals surface area (Å²) in [5.74, 6) is 0.316. The zero-order valence-electron chi connectivity index (χ0n) is 15.1. The van der Waals surface area contributed by atoms with Gasteiger partial charge in [-0.15, -0.1) is 0 Å². The highest BCUT2D eigenvalue weighted by molar-refractivity contribution is 5.98. The molecule has 0 spiro atoms. The molecule has 5 heteroatoms. The van der Waals surface area contributed by atoms with E-state index in [1.807, 2.05) is 11.8 Å². The Kier molecular flexibility index (Phi) is 4.37. The molecule has 1 aromatic heterocycles. The first-order valence-corrected chi connectivity index (χ1v) is 9.15. The van der Waals surface area contributed by atoms with E-state index in [0.717, 1.165) is 5.69 Å². The van der Waals surface area contributed by atoms with Gasteiger partial charge >= 0.3 is 12.0 Å². The van der Waals surface area contributed by atoms with E-state index < -0.39 is 5.97 Å². The summed E-state index contributed by atoms with van der Waals surface area (Å²) in [6.07, 6.45) is 3.96. The number of fused-ring (bicyclic) bond motifs is 1. The van der Waals surface area contributed by atoms with E-state index in [1.165, 1.54) is 35.4 Å². The number of aromatic nitrogens is 1. The van der Waals surface area contributed by atoms with E-state index in [2.05, 4.69) is 41.4 Å². The van der Waals surface area contributed by atoms with Crippen LogP contribution in [0.5, 0.6) is 0 Å². The molecular formula is C21H22N2O3. The maximum atomic E-state index is 11.9. The molecule has 1 fully saturated rings. The van der Waals surface area contributed by atoms with Crippen LogP contribution in [0.3, 0.4) is 0 Å². The fourth-order valence-electron chi connectivity index (χ4n) is 3.39. The van der Waals surface area contributed by atoms with Crippen molar-refractivity contribution in [2.75, 3.05) is 18.1 Å². The summed E-state index contributed by atoms with van der Waals surface area (Å²) in [5, 5.41) is 2.46. The Morgan fingerprint density at radius 2 is 1.96 bits per heavy atom. The fourth-order valence-corrected chi connectivity index (χ4v) is 3.39. The van der Waals surface area contributed by atoms with Crippen LogP contribution >= 0.6 is 0 Å². The molecule has 1 heterocycles. The number of hydrogen-bond donors (Lipinski definition) is 0. The van der Waals surface area contributed by atoms with Crippen molar-refractivity contribution in [1.29, 1.82) is 0 Å². The summed E-state index contributed by atoms with van der Waals surface area (Å²) in [6.45, 7) is 4.79. The molecule has 0 aliphatic heterocycles. The molecule has 0 saturated heterocycles. The first kappa shape index (κ1) is 16.6. The first-order chi connectivity index (χ1) is 12.7. The molecule has 26 heavy (non-hydrogen) atoms. The predicted octanol–water partition coefficient (Wildman–Crippen LogP) is 5.04. The Balaban J connectivity index is 1.76. The highest BCUT2D eigenvalue weighted by atomic mass is 16.5. The summed E-state index contributed by atoms with van der Waals surface area (Å²) >= 11 is 0. The van der Waals surface area contributed by atoms with Crippen molar-refractivity contribution in [3.63, 3.8) is 0 Å². The summed E-state index contributed by atoms with van der Waals surface area (Å²) in [4.78, 5) is 18.2. The number of rotatable bonds is 6. The van der Waals surface area contributed by atoms with Gasteiger partial charge in [0.1, 0.15) is 0 Å². The maximum Gasteiger partial charge on any atom is 0.376 e.